The van der Waals surface area contributed by atoms with Crippen LogP contribution >= 0.6 is 0 Å². The summed E-state index contributed by atoms with van der Waals surface area (Å²) in [5, 5.41) is 20.1. The van der Waals surface area contributed by atoms with Crippen LogP contribution in [0.5, 0.6) is 0 Å². The molecule has 0 aromatic carbocycles. The Hall–Kier alpha value is -1.69. The monoisotopic (exact) mass is 237 g/mol. The molecule has 1 aromatic heterocycles. The van der Waals surface area contributed by atoms with Gasteiger partial charge >= 0.3 is 5.69 Å². The maximum absolute atomic E-state index is 11.1. The molecule has 0 atom stereocenters. The Balaban J connectivity index is 2.41. The van der Waals surface area contributed by atoms with Gasteiger partial charge in [0.05, 0.1) is 11.5 Å². The average Bonchev–Trinajstić information content (AvgIpc) is 3.08. The number of hydrogen-bond donors (Lipinski definition) is 1. The lowest BCUT2D eigenvalue weighted by Crippen LogP contribution is -2.30. The lowest BCUT2D eigenvalue weighted by Gasteiger charge is -2.22. The first-order valence-electron chi connectivity index (χ1n) is 5.62. The van der Waals surface area contributed by atoms with E-state index in [4.69, 9.17) is 5.11 Å². The maximum Gasteiger partial charge on any atom is 0.314 e. The van der Waals surface area contributed by atoms with Crippen LogP contribution in [-0.2, 0) is 0 Å². The molecule has 0 unspecified atom stereocenters. The van der Waals surface area contributed by atoms with Crippen molar-refractivity contribution in [3.05, 3.63) is 27.9 Å². The molecule has 1 saturated carbocycles. The van der Waals surface area contributed by atoms with Crippen LogP contribution in [0.25, 0.3) is 0 Å². The number of pyridine rings is 1. The zero-order chi connectivity index (χ0) is 12.4. The molecule has 0 aliphatic heterocycles. The number of anilines is 1. The van der Waals surface area contributed by atoms with Gasteiger partial charge < -0.3 is 10.0 Å². The summed E-state index contributed by atoms with van der Waals surface area (Å²) < 4.78 is 0. The Morgan fingerprint density at radius 1 is 1.65 bits per heavy atom. The Morgan fingerprint density at radius 2 is 2.35 bits per heavy atom. The predicted molar refractivity (Wildman–Crippen MR) is 63.1 cm³/mol. The molecular formula is C11H15N3O3. The first kappa shape index (κ1) is 11.8. The Bertz CT molecular complexity index is 432. The van der Waals surface area contributed by atoms with E-state index in [0.29, 0.717) is 17.9 Å². The molecule has 1 aliphatic carbocycles. The van der Waals surface area contributed by atoms with Gasteiger partial charge in [-0.1, -0.05) is 0 Å². The molecule has 1 aliphatic rings. The van der Waals surface area contributed by atoms with Crippen molar-refractivity contribution in [2.45, 2.75) is 25.8 Å². The van der Waals surface area contributed by atoms with Crippen molar-refractivity contribution in [3.63, 3.8) is 0 Å². The third-order valence-corrected chi connectivity index (χ3v) is 2.89. The molecule has 1 heterocycles. The molecule has 6 heteroatoms. The van der Waals surface area contributed by atoms with Crippen molar-refractivity contribution in [1.82, 2.24) is 4.98 Å². The van der Waals surface area contributed by atoms with Crippen molar-refractivity contribution in [2.24, 2.45) is 0 Å². The molecule has 2 rings (SSSR count). The largest absolute Gasteiger partial charge is 0.395 e. The first-order valence-corrected chi connectivity index (χ1v) is 5.62. The number of rotatable bonds is 5. The van der Waals surface area contributed by atoms with Crippen molar-refractivity contribution in [3.8, 4) is 0 Å². The van der Waals surface area contributed by atoms with E-state index in [2.05, 4.69) is 4.98 Å². The van der Waals surface area contributed by atoms with E-state index >= 15 is 0 Å². The van der Waals surface area contributed by atoms with E-state index < -0.39 is 4.92 Å². The zero-order valence-electron chi connectivity index (χ0n) is 9.67. The Kier molecular flexibility index (Phi) is 3.23. The fourth-order valence-corrected chi connectivity index (χ4v) is 1.93. The second kappa shape index (κ2) is 4.67. The summed E-state index contributed by atoms with van der Waals surface area (Å²) in [6.07, 6.45) is 3.59. The van der Waals surface area contributed by atoms with E-state index in [9.17, 15) is 10.1 Å². The van der Waals surface area contributed by atoms with Crippen molar-refractivity contribution in [2.75, 3.05) is 18.1 Å². The highest BCUT2D eigenvalue weighted by molar-refractivity contribution is 5.62. The molecular weight excluding hydrogens is 222 g/mol. The van der Waals surface area contributed by atoms with E-state index in [1.807, 2.05) is 4.90 Å². The van der Waals surface area contributed by atoms with E-state index in [1.54, 1.807) is 19.2 Å². The second-order valence-corrected chi connectivity index (χ2v) is 4.21. The van der Waals surface area contributed by atoms with Crippen LogP contribution in [0.3, 0.4) is 0 Å². The minimum absolute atomic E-state index is 0.0245. The molecule has 1 fully saturated rings. The number of nitro groups is 1. The standard InChI is InChI=1S/C11H15N3O3/c1-8-4-5-12-11(10(8)14(16)17)13(6-7-15)9-2-3-9/h4-5,9,15H,2-3,6-7H2,1H3. The van der Waals surface area contributed by atoms with Gasteiger partial charge in [-0.05, 0) is 25.8 Å². The van der Waals surface area contributed by atoms with E-state index in [0.717, 1.165) is 12.8 Å². The van der Waals surface area contributed by atoms with Crippen molar-refractivity contribution >= 4 is 11.5 Å². The summed E-state index contributed by atoms with van der Waals surface area (Å²) in [6.45, 7) is 2.07. The van der Waals surface area contributed by atoms with Gasteiger partial charge in [0.25, 0.3) is 0 Å². The first-order chi connectivity index (χ1) is 8.15. The highest BCUT2D eigenvalue weighted by Crippen LogP contribution is 2.36. The Morgan fingerprint density at radius 3 is 2.88 bits per heavy atom. The highest BCUT2D eigenvalue weighted by atomic mass is 16.6. The van der Waals surface area contributed by atoms with E-state index in [1.165, 1.54) is 0 Å². The Labute approximate surface area is 99.0 Å². The SMILES string of the molecule is Cc1ccnc(N(CCO)C2CC2)c1[N+](=O)[O-]. The molecule has 1 N–H and O–H groups in total. The van der Waals surface area contributed by atoms with Gasteiger partial charge in [-0.25, -0.2) is 4.98 Å². The summed E-state index contributed by atoms with van der Waals surface area (Å²) in [4.78, 5) is 16.6. The van der Waals surface area contributed by atoms with Crippen LogP contribution in [0.15, 0.2) is 12.3 Å². The predicted octanol–water partition coefficient (Wildman–Crippen LogP) is 1.26. The minimum atomic E-state index is -0.398. The molecule has 6 nitrogen and oxygen atoms in total. The lowest BCUT2D eigenvalue weighted by molar-refractivity contribution is -0.384. The van der Waals surface area contributed by atoms with Gasteiger partial charge in [0.2, 0.25) is 5.82 Å². The van der Waals surface area contributed by atoms with Crippen LogP contribution in [0.4, 0.5) is 11.5 Å². The molecule has 17 heavy (non-hydrogen) atoms. The van der Waals surface area contributed by atoms with E-state index in [-0.39, 0.29) is 18.3 Å². The van der Waals surface area contributed by atoms with Gasteiger partial charge in [-0.3, -0.25) is 10.1 Å². The summed E-state index contributed by atoms with van der Waals surface area (Å²) in [7, 11) is 0. The third-order valence-electron chi connectivity index (χ3n) is 2.89. The molecule has 0 amide bonds. The summed E-state index contributed by atoms with van der Waals surface area (Å²) in [5.41, 5.74) is 0.649. The van der Waals surface area contributed by atoms with Gasteiger partial charge in [0.1, 0.15) is 0 Å². The summed E-state index contributed by atoms with van der Waals surface area (Å²) in [6, 6.07) is 1.92. The van der Waals surface area contributed by atoms with Crippen molar-refractivity contribution < 1.29 is 10.0 Å². The van der Waals surface area contributed by atoms with Crippen LogP contribution < -0.4 is 4.90 Å². The molecule has 92 valence electrons. The van der Waals surface area contributed by atoms with Gasteiger partial charge in [0.15, 0.2) is 0 Å². The number of nitrogens with zero attached hydrogens (tertiary/aromatic N) is 3. The van der Waals surface area contributed by atoms with Crippen molar-refractivity contribution in [1.29, 1.82) is 0 Å². The smallest absolute Gasteiger partial charge is 0.314 e. The van der Waals surface area contributed by atoms with Crippen LogP contribution in [0, 0.1) is 17.0 Å². The second-order valence-electron chi connectivity index (χ2n) is 4.21. The third kappa shape index (κ3) is 2.36. The number of aryl methyl sites for hydroxylation is 1. The highest BCUT2D eigenvalue weighted by Gasteiger charge is 2.34. The van der Waals surface area contributed by atoms with Crippen LogP contribution in [0.2, 0.25) is 0 Å². The summed E-state index contributed by atoms with van der Waals surface area (Å²) in [5.74, 6) is 0.381. The maximum atomic E-state index is 11.1. The fourth-order valence-electron chi connectivity index (χ4n) is 1.93. The average molecular weight is 237 g/mol. The minimum Gasteiger partial charge on any atom is -0.395 e. The molecule has 1 aromatic rings. The molecule has 0 radical (unpaired) electrons. The zero-order valence-corrected chi connectivity index (χ0v) is 9.67. The fraction of sp³-hybridized carbons (Fsp3) is 0.545. The van der Waals surface area contributed by atoms with Gasteiger partial charge in [-0.2, -0.15) is 0 Å². The molecule has 0 bridgehead atoms. The van der Waals surface area contributed by atoms with Crippen LogP contribution in [-0.4, -0.2) is 34.2 Å². The molecule has 0 saturated heterocycles. The molecule has 0 spiro atoms. The topological polar surface area (TPSA) is 79.5 Å². The van der Waals surface area contributed by atoms with Gasteiger partial charge in [-0.15, -0.1) is 0 Å². The quantitative estimate of drug-likeness (QED) is 0.616. The van der Waals surface area contributed by atoms with Crippen LogP contribution in [0.1, 0.15) is 18.4 Å². The van der Waals surface area contributed by atoms with Gasteiger partial charge in [0, 0.05) is 24.3 Å². The number of hydrogen-bond acceptors (Lipinski definition) is 5. The number of aromatic nitrogens is 1. The lowest BCUT2D eigenvalue weighted by atomic mass is 10.2. The number of aliphatic hydroxyl groups is 1. The summed E-state index contributed by atoms with van der Waals surface area (Å²) >= 11 is 0. The normalized spacial score (nSPS) is 14.7. The number of aliphatic hydroxyl groups excluding tert-OH is 1.